The number of carbonyl (C=O) groups excluding carboxylic acids is 4. The van der Waals surface area contributed by atoms with Gasteiger partial charge in [0.1, 0.15) is 91.5 Å². The monoisotopic (exact) mass is 1960 g/mol. The van der Waals surface area contributed by atoms with Gasteiger partial charge in [-0.2, -0.15) is 0 Å². The van der Waals surface area contributed by atoms with Gasteiger partial charge in [0.2, 0.25) is 51.5 Å². The maximum absolute atomic E-state index is 18.8. The average Bonchev–Trinajstić information content (AvgIpc) is 0.668. The Morgan fingerprint density at radius 1 is 0.218 bits per heavy atom. The van der Waals surface area contributed by atoms with Crippen molar-refractivity contribution in [1.82, 2.24) is 0 Å². The van der Waals surface area contributed by atoms with Crippen LogP contribution in [0.3, 0.4) is 0 Å². The van der Waals surface area contributed by atoms with Crippen LogP contribution in [-0.4, -0.2) is 78.9 Å². The molecule has 17 aromatic carbocycles. The fraction of sp³-hybridized carbons (Fsp3) is 0.152. The topological polar surface area (TPSA) is 278 Å². The Balaban J connectivity index is 0.927. The van der Waals surface area contributed by atoms with Crippen LogP contribution in [0.15, 0.2) is 443 Å². The largest absolute Gasteiger partial charge is 0.485 e. The van der Waals surface area contributed by atoms with Gasteiger partial charge in [-0.3, -0.25) is 19.2 Å². The van der Waals surface area contributed by atoms with Crippen LogP contribution < -0.4 is 56.8 Å². The SMILES string of the molecule is O=C(c1cc(OCc2ccccc2)c(OCc2ccccc2)c(OCc2ccccc2)c1)C(O)[C@H]1O[C@H](OCc2ccccc2)[C@@](O)(C(=O)c2cc(OCc3ccccc3)c(OCc3ccccc3)c(OCc3ccccc3)c2)[C@](O)(C(=O)c2cc(OCc3ccccc3)c(OCc3ccccc3)c(OCc3ccccc3)c2)[C@@]1(O)C(=O)c1cc(OCc2ccccc2)c(OCc2ccccc2)c(OCc2ccccc2)c1. The van der Waals surface area contributed by atoms with Crippen molar-refractivity contribution in [3.05, 3.63) is 537 Å². The Hall–Kier alpha value is -17.2. The first-order chi connectivity index (χ1) is 72.1. The number of aliphatic hydroxyl groups excluding tert-OH is 1. The third-order valence-electron chi connectivity index (χ3n) is 24.9. The zero-order chi connectivity index (χ0) is 101. The van der Waals surface area contributed by atoms with Crippen molar-refractivity contribution in [1.29, 1.82) is 0 Å². The summed E-state index contributed by atoms with van der Waals surface area (Å²) in [6.45, 7) is -3.00. The van der Waals surface area contributed by atoms with Gasteiger partial charge in [0.25, 0.3) is 0 Å². The van der Waals surface area contributed by atoms with Gasteiger partial charge in [-0.05, 0) is 121 Å². The highest BCUT2D eigenvalue weighted by molar-refractivity contribution is 6.20. The number of benzene rings is 17. The van der Waals surface area contributed by atoms with E-state index in [1.54, 1.807) is 176 Å². The molecule has 1 heterocycles. The summed E-state index contributed by atoms with van der Waals surface area (Å²) in [4.78, 5) is 73.2. The minimum absolute atomic E-state index is 0.0178. The minimum atomic E-state index is -4.75. The molecule has 17 aromatic rings. The zero-order valence-electron chi connectivity index (χ0n) is 80.2. The molecule has 0 bridgehead atoms. The van der Waals surface area contributed by atoms with E-state index in [0.29, 0.717) is 66.8 Å². The van der Waals surface area contributed by atoms with E-state index in [-0.39, 0.29) is 148 Å². The molecule has 147 heavy (non-hydrogen) atoms. The van der Waals surface area contributed by atoms with Crippen LogP contribution in [-0.2, 0) is 95.4 Å². The fourth-order valence-electron chi connectivity index (χ4n) is 17.1. The standard InChI is InChI=1S/C125H106O22/c126-112(100-66-104(134-74-87-40-14-1-15-41-87)114(142-82-95-56-30-9-31-57-95)105(67-100)135-75-88-42-16-2-17-43-88)113(127)121-123(131,118(128)101-68-106(136-76-89-44-18-3-19-45-89)115(143-83-96-58-32-10-33-59-96)107(69-101)137-77-90-46-20-4-21-47-90)125(133,120(130)103-72-110(140-80-93-52-26-7-27-53-93)117(145-85-98-62-36-12-37-63-98)111(73-103)141-81-94-54-28-8-29-55-94)124(132,122(147-121)146-86-99-64-38-13-39-65-99)119(129)102-70-108(138-78-91-48-22-5-23-49-91)116(144-84-97-60-34-11-35-61-97)109(71-102)139-79-92-50-24-6-25-51-92/h1-73,113,121-122,127,131-133H,74-86H2/t113?,121-,122+,123-,124+,125+/m1/s1. The van der Waals surface area contributed by atoms with Gasteiger partial charge >= 0.3 is 0 Å². The van der Waals surface area contributed by atoms with E-state index in [1.165, 1.54) is 24.3 Å². The van der Waals surface area contributed by atoms with E-state index in [9.17, 15) is 5.11 Å². The molecule has 0 aromatic heterocycles. The van der Waals surface area contributed by atoms with Gasteiger partial charge in [-0.25, -0.2) is 0 Å². The fourth-order valence-corrected chi connectivity index (χ4v) is 17.1. The van der Waals surface area contributed by atoms with Crippen molar-refractivity contribution in [3.8, 4) is 69.0 Å². The lowest BCUT2D eigenvalue weighted by Crippen LogP contribution is -2.88. The molecule has 0 saturated carbocycles. The predicted octanol–water partition coefficient (Wildman–Crippen LogP) is 23.0. The smallest absolute Gasteiger partial charge is 0.218 e. The first-order valence-electron chi connectivity index (χ1n) is 48.2. The van der Waals surface area contributed by atoms with E-state index < -0.39 is 87.3 Å². The second-order valence-corrected chi connectivity index (χ2v) is 35.2. The molecular formula is C125H106O22. The number of hydrogen-bond acceptors (Lipinski definition) is 22. The molecule has 1 unspecified atom stereocenters. The summed E-state index contributed by atoms with van der Waals surface area (Å²) in [7, 11) is 0. The van der Waals surface area contributed by atoms with Gasteiger partial charge in [-0.15, -0.1) is 0 Å². The quantitative estimate of drug-likeness (QED) is 0.0258. The van der Waals surface area contributed by atoms with Crippen LogP contribution in [0.5, 0.6) is 69.0 Å². The van der Waals surface area contributed by atoms with Crippen molar-refractivity contribution in [2.45, 2.75) is 121 Å². The van der Waals surface area contributed by atoms with E-state index in [0.717, 1.165) is 29.8 Å². The lowest BCUT2D eigenvalue weighted by molar-refractivity contribution is -0.364. The van der Waals surface area contributed by atoms with Crippen LogP contribution in [0.2, 0.25) is 0 Å². The summed E-state index contributed by atoms with van der Waals surface area (Å²) < 4.78 is 96.3. The number of Topliss-reactive ketones (excluding diaryl/α,β-unsaturated/α-hetero) is 4. The maximum Gasteiger partial charge on any atom is 0.218 e. The highest BCUT2D eigenvalue weighted by Gasteiger charge is 2.82. The number of rotatable bonds is 48. The summed E-state index contributed by atoms with van der Waals surface area (Å²) >= 11 is 0. The summed E-state index contributed by atoms with van der Waals surface area (Å²) in [5.41, 5.74) is -8.44. The highest BCUT2D eigenvalue weighted by atomic mass is 16.7. The normalized spacial score (nSPS) is 15.9. The van der Waals surface area contributed by atoms with E-state index in [2.05, 4.69) is 0 Å². The van der Waals surface area contributed by atoms with Crippen molar-refractivity contribution in [3.63, 3.8) is 0 Å². The molecule has 0 amide bonds. The van der Waals surface area contributed by atoms with Crippen molar-refractivity contribution in [2.75, 3.05) is 0 Å². The molecule has 18 rings (SSSR count). The second-order valence-electron chi connectivity index (χ2n) is 35.2. The van der Waals surface area contributed by atoms with E-state index in [1.807, 2.05) is 218 Å². The predicted molar refractivity (Wildman–Crippen MR) is 553 cm³/mol. The van der Waals surface area contributed by atoms with Crippen LogP contribution in [0.25, 0.3) is 0 Å². The molecule has 0 spiro atoms. The summed E-state index contributed by atoms with van der Waals surface area (Å²) in [5.74, 6) is -9.14. The Morgan fingerprint density at radius 3 is 0.578 bits per heavy atom. The van der Waals surface area contributed by atoms with Crippen LogP contribution in [0.4, 0.5) is 0 Å². The number of carbonyl (C=O) groups is 4. The number of ether oxygens (including phenoxy) is 14. The zero-order valence-corrected chi connectivity index (χ0v) is 80.2. The van der Waals surface area contributed by atoms with Crippen LogP contribution in [0.1, 0.15) is 114 Å². The van der Waals surface area contributed by atoms with Gasteiger partial charge < -0.3 is 86.7 Å². The van der Waals surface area contributed by atoms with Crippen molar-refractivity contribution in [2.24, 2.45) is 0 Å². The molecule has 1 fully saturated rings. The molecule has 1 aliphatic heterocycles. The first kappa shape index (κ1) is 99.9. The molecule has 0 aliphatic carbocycles. The van der Waals surface area contributed by atoms with Gasteiger partial charge in [0.15, 0.2) is 63.7 Å². The molecule has 1 saturated heterocycles. The second kappa shape index (κ2) is 48.2. The molecular weight excluding hydrogens is 1850 g/mol. The molecule has 0 radical (unpaired) electrons. The van der Waals surface area contributed by atoms with Crippen molar-refractivity contribution >= 4 is 23.1 Å². The third-order valence-corrected chi connectivity index (χ3v) is 24.9. The lowest BCUT2D eigenvalue weighted by Gasteiger charge is -2.58. The molecule has 1 aliphatic rings. The molecule has 22 heteroatoms. The molecule has 4 N–H and O–H groups in total. The number of ketones is 4. The first-order valence-corrected chi connectivity index (χ1v) is 48.2. The highest BCUT2D eigenvalue weighted by Crippen LogP contribution is 2.56. The van der Waals surface area contributed by atoms with Crippen molar-refractivity contribution < 1.29 is 106 Å². The Labute approximate surface area is 851 Å². The summed E-state index contributed by atoms with van der Waals surface area (Å²) in [6, 6.07) is 127. The average molecular weight is 1960 g/mol. The van der Waals surface area contributed by atoms with E-state index in [4.69, 9.17) is 66.3 Å². The van der Waals surface area contributed by atoms with Crippen LogP contribution in [0, 0.1) is 0 Å². The summed E-state index contributed by atoms with van der Waals surface area (Å²) in [5, 5.41) is 63.1. The van der Waals surface area contributed by atoms with Gasteiger partial charge in [-0.1, -0.05) is 394 Å². The molecule has 738 valence electrons. The molecule has 22 nitrogen and oxygen atoms in total. The van der Waals surface area contributed by atoms with Crippen LogP contribution >= 0.6 is 0 Å². The van der Waals surface area contributed by atoms with Gasteiger partial charge in [0, 0.05) is 22.3 Å². The number of aliphatic hydroxyl groups is 4. The van der Waals surface area contributed by atoms with E-state index >= 15 is 34.5 Å². The number of hydrogen-bond donors (Lipinski definition) is 4. The Bertz CT molecular complexity index is 6940. The van der Waals surface area contributed by atoms with Gasteiger partial charge in [0.05, 0.1) is 6.61 Å². The lowest BCUT2D eigenvalue weighted by atomic mass is 9.57. The third kappa shape index (κ3) is 24.3. The maximum atomic E-state index is 18.8. The summed E-state index contributed by atoms with van der Waals surface area (Å²) in [6.07, 6.45) is -9.29. The Morgan fingerprint density at radius 2 is 0.381 bits per heavy atom. The Kier molecular flexibility index (Phi) is 32.8. The molecule has 6 atom stereocenters. The minimum Gasteiger partial charge on any atom is -0.485 e.